The topological polar surface area (TPSA) is 33.7 Å². The molecule has 0 radical (unpaired) electrons. The van der Waals surface area contributed by atoms with E-state index < -0.39 is 0 Å². The lowest BCUT2D eigenvalue weighted by atomic mass is 10.2. The van der Waals surface area contributed by atoms with Gasteiger partial charge < -0.3 is 19.7 Å². The highest BCUT2D eigenvalue weighted by molar-refractivity contribution is 6.32. The van der Waals surface area contributed by atoms with E-state index in [0.717, 1.165) is 30.8 Å². The van der Waals surface area contributed by atoms with Gasteiger partial charge in [0.1, 0.15) is 6.61 Å². The van der Waals surface area contributed by atoms with Crippen LogP contribution < -0.4 is 14.8 Å². The van der Waals surface area contributed by atoms with Crippen LogP contribution in [0.25, 0.3) is 0 Å². The van der Waals surface area contributed by atoms with Crippen LogP contribution in [0.1, 0.15) is 18.1 Å². The van der Waals surface area contributed by atoms with Crippen molar-refractivity contribution in [3.8, 4) is 11.5 Å². The third-order valence-corrected chi connectivity index (χ3v) is 3.94. The van der Waals surface area contributed by atoms with Gasteiger partial charge in [-0.1, -0.05) is 41.9 Å². The zero-order chi connectivity index (χ0) is 18.1. The molecule has 2 aromatic carbocycles. The van der Waals surface area contributed by atoms with Crippen molar-refractivity contribution in [3.05, 3.63) is 58.6 Å². The molecule has 0 aliphatic rings. The molecule has 0 fully saturated rings. The summed E-state index contributed by atoms with van der Waals surface area (Å²) in [6, 6.07) is 14.0. The first-order chi connectivity index (χ1) is 12.1. The van der Waals surface area contributed by atoms with E-state index in [0.29, 0.717) is 29.7 Å². The standard InChI is InChI=1S/C20H27ClN2O2.2ClH/c1-4-24-19-13-17(14-22-10-11-23(2)3)12-18(21)20(19)25-15-16-8-6-5-7-9-16;;/h5-9,12-13,22H,4,10-11,14-15H2,1-3H3;2*1H. The second kappa shape index (κ2) is 13.9. The number of nitrogens with one attached hydrogen (secondary N) is 1. The Bertz CT molecular complexity index is 655. The second-order valence-corrected chi connectivity index (χ2v) is 6.50. The highest BCUT2D eigenvalue weighted by Gasteiger charge is 2.13. The SMILES string of the molecule is CCOc1cc(CNCCN(C)C)cc(Cl)c1OCc1ccccc1.Cl.Cl. The van der Waals surface area contributed by atoms with Crippen LogP contribution in [-0.2, 0) is 13.2 Å². The first-order valence-corrected chi connectivity index (χ1v) is 8.95. The average Bonchev–Trinajstić information content (AvgIpc) is 2.59. The summed E-state index contributed by atoms with van der Waals surface area (Å²) in [6.45, 7) is 5.63. The van der Waals surface area contributed by atoms with Crippen molar-refractivity contribution >= 4 is 36.4 Å². The first-order valence-electron chi connectivity index (χ1n) is 8.57. The first kappa shape index (κ1) is 25.8. The second-order valence-electron chi connectivity index (χ2n) is 6.09. The lowest BCUT2D eigenvalue weighted by molar-refractivity contribution is 0.269. The van der Waals surface area contributed by atoms with Crippen LogP contribution in [0.15, 0.2) is 42.5 Å². The van der Waals surface area contributed by atoms with E-state index in [4.69, 9.17) is 21.1 Å². The number of halogens is 3. The van der Waals surface area contributed by atoms with E-state index in [1.807, 2.05) is 49.4 Å². The van der Waals surface area contributed by atoms with Crippen LogP contribution in [0, 0.1) is 0 Å². The number of likely N-dealkylation sites (N-methyl/N-ethyl adjacent to an activating group) is 1. The van der Waals surface area contributed by atoms with E-state index in [-0.39, 0.29) is 24.8 Å². The van der Waals surface area contributed by atoms with Crippen LogP contribution in [0.3, 0.4) is 0 Å². The van der Waals surface area contributed by atoms with Gasteiger partial charge >= 0.3 is 0 Å². The van der Waals surface area contributed by atoms with E-state index in [9.17, 15) is 0 Å². The predicted molar refractivity (Wildman–Crippen MR) is 118 cm³/mol. The summed E-state index contributed by atoms with van der Waals surface area (Å²) in [5.41, 5.74) is 2.18. The Hall–Kier alpha value is -1.17. The summed E-state index contributed by atoms with van der Waals surface area (Å²) in [7, 11) is 4.12. The van der Waals surface area contributed by atoms with Crippen molar-refractivity contribution < 1.29 is 9.47 Å². The lowest BCUT2D eigenvalue weighted by Gasteiger charge is -2.16. The third kappa shape index (κ3) is 9.04. The molecule has 152 valence electrons. The van der Waals surface area contributed by atoms with E-state index >= 15 is 0 Å². The maximum atomic E-state index is 6.46. The number of rotatable bonds is 10. The minimum absolute atomic E-state index is 0. The van der Waals surface area contributed by atoms with Gasteiger partial charge in [-0.3, -0.25) is 0 Å². The number of hydrogen-bond donors (Lipinski definition) is 1. The van der Waals surface area contributed by atoms with Crippen LogP contribution in [-0.4, -0.2) is 38.7 Å². The molecule has 0 aliphatic carbocycles. The van der Waals surface area contributed by atoms with Gasteiger partial charge in [0.25, 0.3) is 0 Å². The minimum Gasteiger partial charge on any atom is -0.490 e. The molecule has 1 N–H and O–H groups in total. The minimum atomic E-state index is 0. The fourth-order valence-corrected chi connectivity index (χ4v) is 2.68. The Balaban J connectivity index is 0.00000338. The molecule has 0 saturated heterocycles. The summed E-state index contributed by atoms with van der Waals surface area (Å²) in [5, 5.41) is 3.99. The molecule has 2 aromatic rings. The van der Waals surface area contributed by atoms with Crippen molar-refractivity contribution in [1.29, 1.82) is 0 Å². The fraction of sp³-hybridized carbons (Fsp3) is 0.400. The van der Waals surface area contributed by atoms with E-state index in [1.54, 1.807) is 0 Å². The van der Waals surface area contributed by atoms with E-state index in [2.05, 4.69) is 24.3 Å². The van der Waals surface area contributed by atoms with Gasteiger partial charge in [-0.2, -0.15) is 0 Å². The molecule has 0 heterocycles. The Morgan fingerprint density at radius 2 is 1.70 bits per heavy atom. The summed E-state index contributed by atoms with van der Waals surface area (Å²) in [6.07, 6.45) is 0. The number of nitrogens with zero attached hydrogens (tertiary/aromatic N) is 1. The smallest absolute Gasteiger partial charge is 0.180 e. The molecule has 0 aliphatic heterocycles. The molecule has 0 bridgehead atoms. The van der Waals surface area contributed by atoms with Crippen LogP contribution >= 0.6 is 36.4 Å². The predicted octanol–water partition coefficient (Wildman–Crippen LogP) is 4.81. The lowest BCUT2D eigenvalue weighted by Crippen LogP contribution is -2.26. The van der Waals surface area contributed by atoms with Crippen LogP contribution in [0.4, 0.5) is 0 Å². The fourth-order valence-electron chi connectivity index (χ4n) is 2.39. The van der Waals surface area contributed by atoms with Crippen LogP contribution in [0.5, 0.6) is 11.5 Å². The quantitative estimate of drug-likeness (QED) is 0.543. The Labute approximate surface area is 180 Å². The van der Waals surface area contributed by atoms with Crippen molar-refractivity contribution in [2.75, 3.05) is 33.8 Å². The molecule has 0 unspecified atom stereocenters. The van der Waals surface area contributed by atoms with Crippen molar-refractivity contribution in [2.24, 2.45) is 0 Å². The highest BCUT2D eigenvalue weighted by atomic mass is 35.5. The molecule has 27 heavy (non-hydrogen) atoms. The normalized spacial score (nSPS) is 10.1. The van der Waals surface area contributed by atoms with Gasteiger partial charge in [0, 0.05) is 19.6 Å². The Kier molecular flexibility index (Phi) is 13.3. The number of hydrogen-bond acceptors (Lipinski definition) is 4. The van der Waals surface area contributed by atoms with Crippen molar-refractivity contribution in [3.63, 3.8) is 0 Å². The van der Waals surface area contributed by atoms with Crippen molar-refractivity contribution in [2.45, 2.75) is 20.1 Å². The summed E-state index contributed by atoms with van der Waals surface area (Å²) in [5.74, 6) is 1.29. The molecule has 0 aromatic heterocycles. The van der Waals surface area contributed by atoms with Gasteiger partial charge in [0.2, 0.25) is 0 Å². The van der Waals surface area contributed by atoms with Gasteiger partial charge in [-0.25, -0.2) is 0 Å². The maximum absolute atomic E-state index is 6.46. The molecular weight excluding hydrogens is 407 g/mol. The molecule has 0 saturated carbocycles. The molecular formula is C20H29Cl3N2O2. The number of ether oxygens (including phenoxy) is 2. The Morgan fingerprint density at radius 3 is 2.33 bits per heavy atom. The monoisotopic (exact) mass is 434 g/mol. The molecule has 0 amide bonds. The Morgan fingerprint density at radius 1 is 1.00 bits per heavy atom. The van der Waals surface area contributed by atoms with Crippen molar-refractivity contribution in [1.82, 2.24) is 10.2 Å². The highest BCUT2D eigenvalue weighted by Crippen LogP contribution is 2.37. The van der Waals surface area contributed by atoms with Gasteiger partial charge in [0.05, 0.1) is 11.6 Å². The molecule has 0 spiro atoms. The van der Waals surface area contributed by atoms with Gasteiger partial charge in [-0.05, 0) is 44.3 Å². The average molecular weight is 436 g/mol. The summed E-state index contributed by atoms with van der Waals surface area (Å²) >= 11 is 6.46. The molecule has 2 rings (SSSR count). The van der Waals surface area contributed by atoms with Gasteiger partial charge in [-0.15, -0.1) is 24.8 Å². The summed E-state index contributed by atoms with van der Waals surface area (Å²) in [4.78, 5) is 2.14. The molecule has 4 nitrogen and oxygen atoms in total. The zero-order valence-corrected chi connectivity index (χ0v) is 18.4. The summed E-state index contributed by atoms with van der Waals surface area (Å²) < 4.78 is 11.7. The van der Waals surface area contributed by atoms with E-state index in [1.165, 1.54) is 0 Å². The van der Waals surface area contributed by atoms with Crippen LogP contribution in [0.2, 0.25) is 5.02 Å². The molecule has 7 heteroatoms. The van der Waals surface area contributed by atoms with Gasteiger partial charge in [0.15, 0.2) is 11.5 Å². The number of benzene rings is 2. The molecule has 0 atom stereocenters. The largest absolute Gasteiger partial charge is 0.490 e. The maximum Gasteiger partial charge on any atom is 0.180 e. The third-order valence-electron chi connectivity index (χ3n) is 3.66. The zero-order valence-electron chi connectivity index (χ0n) is 16.0.